The molecule has 0 saturated heterocycles. The highest BCUT2D eigenvalue weighted by molar-refractivity contribution is 6.01. The van der Waals surface area contributed by atoms with Gasteiger partial charge in [0.2, 0.25) is 0 Å². The number of carbonyl (C=O) groups is 1. The first-order chi connectivity index (χ1) is 16.2. The third-order valence-corrected chi connectivity index (χ3v) is 6.42. The minimum atomic E-state index is -0.238. The smallest absolute Gasteiger partial charge is 0.163 e. The summed E-state index contributed by atoms with van der Waals surface area (Å²) in [6.45, 7) is 2.58. The summed E-state index contributed by atoms with van der Waals surface area (Å²) in [5, 5.41) is 7.22. The standard InChI is InChI=1S/C28H28N2O3/c1-3-33-26-11-7-4-8-21(26)19-16-24-27(25(31)17-19)28(18-12-14-20(32-2)15-13-18)30-23-10-6-5-9-22(23)29-24/h4-15,19,28-30H,3,16-17H2,1-2H3/t19-,28-/m0/s1. The molecular formula is C28H28N2O3. The maximum atomic E-state index is 13.7. The summed E-state index contributed by atoms with van der Waals surface area (Å²) in [5.41, 5.74) is 5.86. The van der Waals surface area contributed by atoms with Gasteiger partial charge in [0.15, 0.2) is 5.78 Å². The number of nitrogens with one attached hydrogen (secondary N) is 2. The van der Waals surface area contributed by atoms with Gasteiger partial charge in [0, 0.05) is 23.6 Å². The average Bonchev–Trinajstić information content (AvgIpc) is 3.01. The molecule has 0 radical (unpaired) electrons. The number of ether oxygens (including phenoxy) is 2. The Labute approximate surface area is 194 Å². The molecule has 0 spiro atoms. The Balaban J connectivity index is 1.58. The van der Waals surface area contributed by atoms with Gasteiger partial charge in [0.1, 0.15) is 11.5 Å². The van der Waals surface area contributed by atoms with E-state index in [0.29, 0.717) is 13.0 Å². The van der Waals surface area contributed by atoms with Crippen LogP contribution in [0.2, 0.25) is 0 Å². The molecule has 1 heterocycles. The van der Waals surface area contributed by atoms with Crippen molar-refractivity contribution in [3.8, 4) is 11.5 Å². The van der Waals surface area contributed by atoms with Gasteiger partial charge < -0.3 is 20.1 Å². The Morgan fingerprint density at radius 2 is 1.64 bits per heavy atom. The van der Waals surface area contributed by atoms with Crippen LogP contribution in [0.15, 0.2) is 84.1 Å². The van der Waals surface area contributed by atoms with Crippen molar-refractivity contribution in [2.45, 2.75) is 31.7 Å². The fourth-order valence-corrected chi connectivity index (χ4v) is 4.86. The van der Waals surface area contributed by atoms with Crippen molar-refractivity contribution in [2.75, 3.05) is 24.4 Å². The van der Waals surface area contributed by atoms with Gasteiger partial charge >= 0.3 is 0 Å². The highest BCUT2D eigenvalue weighted by Gasteiger charge is 2.36. The van der Waals surface area contributed by atoms with Crippen LogP contribution in [-0.4, -0.2) is 19.5 Å². The Bertz CT molecular complexity index is 1200. The molecule has 0 bridgehead atoms. The molecule has 5 nitrogen and oxygen atoms in total. The van der Waals surface area contributed by atoms with Crippen LogP contribution in [0.3, 0.4) is 0 Å². The first kappa shape index (κ1) is 21.1. The van der Waals surface area contributed by atoms with E-state index in [0.717, 1.165) is 51.7 Å². The summed E-state index contributed by atoms with van der Waals surface area (Å²) in [5.74, 6) is 1.87. The predicted molar refractivity (Wildman–Crippen MR) is 131 cm³/mol. The monoisotopic (exact) mass is 440 g/mol. The van der Waals surface area contributed by atoms with Crippen molar-refractivity contribution < 1.29 is 14.3 Å². The number of carbonyl (C=O) groups excluding carboxylic acids is 1. The van der Waals surface area contributed by atoms with Crippen LogP contribution >= 0.6 is 0 Å². The Hall–Kier alpha value is -3.73. The number of allylic oxidation sites excluding steroid dienone is 1. The van der Waals surface area contributed by atoms with Gasteiger partial charge in [0.05, 0.1) is 31.1 Å². The zero-order valence-corrected chi connectivity index (χ0v) is 18.9. The van der Waals surface area contributed by atoms with E-state index in [9.17, 15) is 4.79 Å². The maximum Gasteiger partial charge on any atom is 0.163 e. The molecular weight excluding hydrogens is 412 g/mol. The Morgan fingerprint density at radius 1 is 0.909 bits per heavy atom. The molecule has 5 heteroatoms. The van der Waals surface area contributed by atoms with Crippen molar-refractivity contribution in [1.82, 2.24) is 0 Å². The topological polar surface area (TPSA) is 59.6 Å². The van der Waals surface area contributed by atoms with Gasteiger partial charge in [-0.15, -0.1) is 0 Å². The van der Waals surface area contributed by atoms with Crippen molar-refractivity contribution in [1.29, 1.82) is 0 Å². The number of Topliss-reactive ketones (excluding diaryl/α,β-unsaturated/α-hetero) is 1. The van der Waals surface area contributed by atoms with Crippen LogP contribution in [0.25, 0.3) is 0 Å². The summed E-state index contributed by atoms with van der Waals surface area (Å²) < 4.78 is 11.2. The van der Waals surface area contributed by atoms with E-state index in [-0.39, 0.29) is 17.7 Å². The van der Waals surface area contributed by atoms with E-state index < -0.39 is 0 Å². The molecule has 1 aliphatic heterocycles. The summed E-state index contributed by atoms with van der Waals surface area (Å²) in [4.78, 5) is 13.7. The van der Waals surface area contributed by atoms with Crippen LogP contribution in [-0.2, 0) is 4.79 Å². The van der Waals surface area contributed by atoms with E-state index in [1.807, 2.05) is 73.7 Å². The van der Waals surface area contributed by atoms with Gasteiger partial charge in [-0.2, -0.15) is 0 Å². The maximum absolute atomic E-state index is 13.7. The second kappa shape index (κ2) is 9.02. The molecule has 3 aromatic rings. The minimum Gasteiger partial charge on any atom is -0.497 e. The second-order valence-electron chi connectivity index (χ2n) is 8.41. The predicted octanol–water partition coefficient (Wildman–Crippen LogP) is 6.07. The first-order valence-electron chi connectivity index (χ1n) is 11.4. The number of hydrogen-bond acceptors (Lipinski definition) is 5. The van der Waals surface area contributed by atoms with Crippen LogP contribution in [0, 0.1) is 0 Å². The number of benzene rings is 3. The quantitative estimate of drug-likeness (QED) is 0.504. The summed E-state index contributed by atoms with van der Waals surface area (Å²) in [6.07, 6.45) is 1.20. The molecule has 5 rings (SSSR count). The number of fused-ring (bicyclic) bond motifs is 1. The summed E-state index contributed by atoms with van der Waals surface area (Å²) >= 11 is 0. The number of hydrogen-bond donors (Lipinski definition) is 2. The van der Waals surface area contributed by atoms with Gasteiger partial charge in [-0.05, 0) is 54.8 Å². The molecule has 33 heavy (non-hydrogen) atoms. The van der Waals surface area contributed by atoms with Crippen LogP contribution < -0.4 is 20.1 Å². The van der Waals surface area contributed by atoms with Gasteiger partial charge in [0.25, 0.3) is 0 Å². The number of rotatable bonds is 5. The third kappa shape index (κ3) is 4.07. The van der Waals surface area contributed by atoms with Gasteiger partial charge in [-0.1, -0.05) is 42.5 Å². The molecule has 168 valence electrons. The van der Waals surface area contributed by atoms with Crippen LogP contribution in [0.5, 0.6) is 11.5 Å². The van der Waals surface area contributed by atoms with Crippen LogP contribution in [0.4, 0.5) is 11.4 Å². The van der Waals surface area contributed by atoms with Gasteiger partial charge in [-0.3, -0.25) is 4.79 Å². The summed E-state index contributed by atoms with van der Waals surface area (Å²) in [6, 6.07) is 23.9. The lowest BCUT2D eigenvalue weighted by Gasteiger charge is -2.30. The van der Waals surface area contributed by atoms with E-state index in [1.165, 1.54) is 0 Å². The molecule has 2 aliphatic rings. The molecule has 1 aliphatic carbocycles. The number of ketones is 1. The van der Waals surface area contributed by atoms with Gasteiger partial charge in [-0.25, -0.2) is 0 Å². The largest absolute Gasteiger partial charge is 0.497 e. The van der Waals surface area contributed by atoms with Crippen molar-refractivity contribution in [3.05, 3.63) is 95.2 Å². The Kier molecular flexibility index (Phi) is 5.78. The lowest BCUT2D eigenvalue weighted by Crippen LogP contribution is -2.27. The SMILES string of the molecule is CCOc1ccccc1[C@@H]1CC(=O)C2=C(C1)Nc1ccccc1N[C@H]2c1ccc(OC)cc1. The molecule has 0 aromatic heterocycles. The number of methoxy groups -OCH3 is 1. The van der Waals surface area contributed by atoms with E-state index in [1.54, 1.807) is 7.11 Å². The fraction of sp³-hybridized carbons (Fsp3) is 0.250. The second-order valence-corrected chi connectivity index (χ2v) is 8.41. The van der Waals surface area contributed by atoms with E-state index in [4.69, 9.17) is 9.47 Å². The lowest BCUT2D eigenvalue weighted by atomic mass is 9.78. The lowest BCUT2D eigenvalue weighted by molar-refractivity contribution is -0.116. The Morgan fingerprint density at radius 3 is 2.39 bits per heavy atom. The van der Waals surface area contributed by atoms with Crippen LogP contribution in [0.1, 0.15) is 42.9 Å². The zero-order chi connectivity index (χ0) is 22.8. The average molecular weight is 441 g/mol. The summed E-state index contributed by atoms with van der Waals surface area (Å²) in [7, 11) is 1.66. The molecule has 0 amide bonds. The third-order valence-electron chi connectivity index (χ3n) is 6.42. The fourth-order valence-electron chi connectivity index (χ4n) is 4.86. The number of para-hydroxylation sites is 3. The highest BCUT2D eigenvalue weighted by atomic mass is 16.5. The van der Waals surface area contributed by atoms with E-state index in [2.05, 4.69) is 16.7 Å². The van der Waals surface area contributed by atoms with Crippen molar-refractivity contribution in [3.63, 3.8) is 0 Å². The highest BCUT2D eigenvalue weighted by Crippen LogP contribution is 2.45. The molecule has 2 N–H and O–H groups in total. The molecule has 0 fully saturated rings. The van der Waals surface area contributed by atoms with Crippen molar-refractivity contribution in [2.24, 2.45) is 0 Å². The zero-order valence-electron chi connectivity index (χ0n) is 18.9. The number of anilines is 2. The molecule has 2 atom stereocenters. The molecule has 0 unspecified atom stereocenters. The molecule has 3 aromatic carbocycles. The molecule has 0 saturated carbocycles. The van der Waals surface area contributed by atoms with Crippen molar-refractivity contribution >= 4 is 17.2 Å². The first-order valence-corrected chi connectivity index (χ1v) is 11.4. The van der Waals surface area contributed by atoms with E-state index >= 15 is 0 Å². The minimum absolute atomic E-state index is 0.0632. The normalized spacial score (nSPS) is 19.5.